The van der Waals surface area contributed by atoms with E-state index in [2.05, 4.69) is 5.32 Å². The molecule has 3 nitrogen and oxygen atoms in total. The molecule has 1 saturated heterocycles. The third-order valence-electron chi connectivity index (χ3n) is 2.33. The van der Waals surface area contributed by atoms with E-state index < -0.39 is 36.4 Å². The molecule has 0 spiro atoms. The highest BCUT2D eigenvalue weighted by Gasteiger charge is 2.65. The van der Waals surface area contributed by atoms with E-state index in [0.717, 1.165) is 0 Å². The Morgan fingerprint density at radius 3 is 2.12 bits per heavy atom. The summed E-state index contributed by atoms with van der Waals surface area (Å²) in [5.41, 5.74) is 0. The molecule has 2 atom stereocenters. The topological polar surface area (TPSA) is 49.3 Å². The number of hydrogen-bond acceptors (Lipinski definition) is 2. The SMILES string of the molecule is Cl.O=C(O)[C@H]1NCC[C@H]1C(F)(F)C(F)(F)F. The molecule has 2 N–H and O–H groups in total. The summed E-state index contributed by atoms with van der Waals surface area (Å²) < 4.78 is 61.5. The number of carboxylic acid groups (broad SMARTS) is 1. The first-order valence-corrected chi connectivity index (χ1v) is 4.08. The van der Waals surface area contributed by atoms with Crippen LogP contribution in [0, 0.1) is 5.92 Å². The zero-order valence-electron chi connectivity index (χ0n) is 7.72. The van der Waals surface area contributed by atoms with Crippen molar-refractivity contribution in [2.24, 2.45) is 5.92 Å². The molecule has 0 bridgehead atoms. The molecule has 0 aliphatic carbocycles. The summed E-state index contributed by atoms with van der Waals surface area (Å²) in [7, 11) is 0. The van der Waals surface area contributed by atoms with Gasteiger partial charge in [-0.2, -0.15) is 22.0 Å². The van der Waals surface area contributed by atoms with Crippen LogP contribution < -0.4 is 5.32 Å². The van der Waals surface area contributed by atoms with Gasteiger partial charge in [0.25, 0.3) is 0 Å². The summed E-state index contributed by atoms with van der Waals surface area (Å²) in [6.07, 6.45) is -6.22. The van der Waals surface area contributed by atoms with Crippen LogP contribution in [0.4, 0.5) is 22.0 Å². The molecule has 1 heterocycles. The summed E-state index contributed by atoms with van der Waals surface area (Å²) in [5.74, 6) is -8.91. The molecular weight excluding hydrogens is 261 g/mol. The van der Waals surface area contributed by atoms with Gasteiger partial charge in [-0.25, -0.2) is 0 Å². The van der Waals surface area contributed by atoms with Gasteiger partial charge in [0.05, 0.1) is 5.92 Å². The van der Waals surface area contributed by atoms with Crippen LogP contribution in [0.2, 0.25) is 0 Å². The van der Waals surface area contributed by atoms with Crippen molar-refractivity contribution in [3.8, 4) is 0 Å². The molecule has 1 rings (SSSR count). The Hall–Kier alpha value is -0.630. The van der Waals surface area contributed by atoms with Gasteiger partial charge in [-0.05, 0) is 13.0 Å². The number of carbonyl (C=O) groups is 1. The lowest BCUT2D eigenvalue weighted by Gasteiger charge is -2.27. The van der Waals surface area contributed by atoms with Crippen molar-refractivity contribution in [2.45, 2.75) is 24.6 Å². The molecule has 0 aromatic rings. The largest absolute Gasteiger partial charge is 0.480 e. The third kappa shape index (κ3) is 2.54. The van der Waals surface area contributed by atoms with Crippen molar-refractivity contribution in [2.75, 3.05) is 6.54 Å². The number of carboxylic acids is 1. The fourth-order valence-electron chi connectivity index (χ4n) is 1.56. The summed E-state index contributed by atoms with van der Waals surface area (Å²) in [5, 5.41) is 10.6. The Morgan fingerprint density at radius 2 is 1.75 bits per heavy atom. The standard InChI is InChI=1S/C7H8F5NO2.ClH/c8-6(9,7(10,11)12)3-1-2-13-4(3)5(14)15;/h3-4,13H,1-2H2,(H,14,15);1H/t3-,4+;/m1./s1. The Kier molecular flexibility index (Phi) is 4.52. The number of hydrogen-bond donors (Lipinski definition) is 2. The first-order chi connectivity index (χ1) is 6.68. The van der Waals surface area contributed by atoms with E-state index in [1.54, 1.807) is 0 Å². The van der Waals surface area contributed by atoms with Gasteiger partial charge in [0, 0.05) is 0 Å². The minimum atomic E-state index is -5.71. The highest BCUT2D eigenvalue weighted by atomic mass is 35.5. The van der Waals surface area contributed by atoms with Crippen LogP contribution in [0.1, 0.15) is 6.42 Å². The summed E-state index contributed by atoms with van der Waals surface area (Å²) >= 11 is 0. The van der Waals surface area contributed by atoms with E-state index in [1.165, 1.54) is 0 Å². The van der Waals surface area contributed by atoms with Crippen molar-refractivity contribution in [1.29, 1.82) is 0 Å². The molecule has 0 radical (unpaired) electrons. The van der Waals surface area contributed by atoms with Crippen LogP contribution in [0.5, 0.6) is 0 Å². The van der Waals surface area contributed by atoms with Crippen molar-refractivity contribution >= 4 is 18.4 Å². The van der Waals surface area contributed by atoms with E-state index in [1.807, 2.05) is 0 Å². The molecule has 1 aliphatic heterocycles. The van der Waals surface area contributed by atoms with Gasteiger partial charge in [0.2, 0.25) is 0 Å². The van der Waals surface area contributed by atoms with Gasteiger partial charge < -0.3 is 10.4 Å². The van der Waals surface area contributed by atoms with Crippen LogP contribution in [0.25, 0.3) is 0 Å². The Labute approximate surface area is 93.4 Å². The molecule has 96 valence electrons. The van der Waals surface area contributed by atoms with Gasteiger partial charge in [-0.1, -0.05) is 0 Å². The Bertz CT molecular complexity index is 270. The fraction of sp³-hybridized carbons (Fsp3) is 0.857. The van der Waals surface area contributed by atoms with Crippen molar-refractivity contribution in [3.05, 3.63) is 0 Å². The lowest BCUT2D eigenvalue weighted by molar-refractivity contribution is -0.303. The zero-order chi connectivity index (χ0) is 11.9. The number of halogens is 6. The maximum atomic E-state index is 12.8. The lowest BCUT2D eigenvalue weighted by Crippen LogP contribution is -2.50. The smallest absolute Gasteiger partial charge is 0.453 e. The summed E-state index contributed by atoms with van der Waals surface area (Å²) in [6.45, 7) is -0.159. The third-order valence-corrected chi connectivity index (χ3v) is 2.33. The normalized spacial score (nSPS) is 26.3. The predicted molar refractivity (Wildman–Crippen MR) is 45.8 cm³/mol. The van der Waals surface area contributed by atoms with Crippen molar-refractivity contribution in [1.82, 2.24) is 5.32 Å². The maximum Gasteiger partial charge on any atom is 0.453 e. The second kappa shape index (κ2) is 4.70. The molecular formula is C7H9ClF5NO2. The van der Waals surface area contributed by atoms with Gasteiger partial charge in [-0.3, -0.25) is 4.79 Å². The molecule has 0 amide bonds. The summed E-state index contributed by atoms with van der Waals surface area (Å²) in [6, 6.07) is -1.85. The monoisotopic (exact) mass is 269 g/mol. The van der Waals surface area contributed by atoms with Gasteiger partial charge in [0.15, 0.2) is 0 Å². The molecule has 0 unspecified atom stereocenters. The average molecular weight is 270 g/mol. The van der Waals surface area contributed by atoms with Crippen molar-refractivity contribution < 1.29 is 31.9 Å². The molecule has 0 aromatic heterocycles. The zero-order valence-corrected chi connectivity index (χ0v) is 8.54. The molecule has 9 heteroatoms. The molecule has 1 aliphatic rings. The van der Waals surface area contributed by atoms with Crippen LogP contribution in [0.15, 0.2) is 0 Å². The molecule has 1 fully saturated rings. The van der Waals surface area contributed by atoms with E-state index in [4.69, 9.17) is 5.11 Å². The van der Waals surface area contributed by atoms with Gasteiger partial charge >= 0.3 is 18.1 Å². The van der Waals surface area contributed by atoms with Crippen LogP contribution in [-0.2, 0) is 4.79 Å². The van der Waals surface area contributed by atoms with E-state index in [0.29, 0.717) is 0 Å². The minimum absolute atomic E-state index is 0. The number of nitrogens with one attached hydrogen (secondary N) is 1. The highest BCUT2D eigenvalue weighted by Crippen LogP contribution is 2.45. The first kappa shape index (κ1) is 15.4. The Morgan fingerprint density at radius 1 is 1.25 bits per heavy atom. The fourth-order valence-corrected chi connectivity index (χ4v) is 1.56. The predicted octanol–water partition coefficient (Wildman–Crippen LogP) is 1.67. The quantitative estimate of drug-likeness (QED) is 0.750. The van der Waals surface area contributed by atoms with E-state index in [9.17, 15) is 26.7 Å². The average Bonchev–Trinajstić information content (AvgIpc) is 2.48. The van der Waals surface area contributed by atoms with Gasteiger partial charge in [-0.15, -0.1) is 12.4 Å². The molecule has 0 aromatic carbocycles. The maximum absolute atomic E-state index is 12.8. The minimum Gasteiger partial charge on any atom is -0.480 e. The Balaban J connectivity index is 0.00000225. The van der Waals surface area contributed by atoms with Crippen LogP contribution in [-0.4, -0.2) is 35.8 Å². The van der Waals surface area contributed by atoms with E-state index in [-0.39, 0.29) is 19.0 Å². The van der Waals surface area contributed by atoms with Crippen molar-refractivity contribution in [3.63, 3.8) is 0 Å². The van der Waals surface area contributed by atoms with Crippen LogP contribution in [0.3, 0.4) is 0 Å². The molecule has 0 saturated carbocycles. The second-order valence-electron chi connectivity index (χ2n) is 3.29. The number of aliphatic carboxylic acids is 1. The van der Waals surface area contributed by atoms with Crippen LogP contribution >= 0.6 is 12.4 Å². The first-order valence-electron chi connectivity index (χ1n) is 4.08. The number of rotatable bonds is 2. The van der Waals surface area contributed by atoms with Gasteiger partial charge in [0.1, 0.15) is 6.04 Å². The lowest BCUT2D eigenvalue weighted by atomic mass is 9.93. The second-order valence-corrected chi connectivity index (χ2v) is 3.29. The summed E-state index contributed by atoms with van der Waals surface area (Å²) in [4.78, 5) is 10.4. The molecule has 16 heavy (non-hydrogen) atoms. The van der Waals surface area contributed by atoms with E-state index >= 15 is 0 Å². The number of alkyl halides is 5. The highest BCUT2D eigenvalue weighted by molar-refractivity contribution is 5.85.